The van der Waals surface area contributed by atoms with Gasteiger partial charge in [0, 0.05) is 6.04 Å². The lowest BCUT2D eigenvalue weighted by Crippen LogP contribution is -2.35. The van der Waals surface area contributed by atoms with E-state index in [9.17, 15) is 0 Å². The summed E-state index contributed by atoms with van der Waals surface area (Å²) in [6.07, 6.45) is 5.34. The lowest BCUT2D eigenvalue weighted by atomic mass is 9.92. The molecule has 0 spiro atoms. The van der Waals surface area contributed by atoms with Crippen molar-refractivity contribution >= 4 is 0 Å². The summed E-state index contributed by atoms with van der Waals surface area (Å²) in [6.45, 7) is 10.4. The van der Waals surface area contributed by atoms with E-state index in [1.807, 2.05) is 0 Å². The zero-order valence-electron chi connectivity index (χ0n) is 10.2. The molecule has 1 saturated heterocycles. The maximum Gasteiger partial charge on any atom is 0.0279 e. The van der Waals surface area contributed by atoms with Gasteiger partial charge in [0.2, 0.25) is 0 Å². The van der Waals surface area contributed by atoms with Gasteiger partial charge in [-0.15, -0.1) is 0 Å². The summed E-state index contributed by atoms with van der Waals surface area (Å²) in [6, 6.07) is 0.669. The van der Waals surface area contributed by atoms with Gasteiger partial charge in [-0.2, -0.15) is 0 Å². The molecule has 0 radical (unpaired) electrons. The Bertz CT molecular complexity index is 197. The molecular weight excluding hydrogens is 170 g/mol. The highest BCUT2D eigenvalue weighted by Crippen LogP contribution is 2.21. The third kappa shape index (κ3) is 3.45. The van der Waals surface area contributed by atoms with E-state index in [2.05, 4.69) is 33.0 Å². The van der Waals surface area contributed by atoms with Crippen LogP contribution in [0.25, 0.3) is 0 Å². The van der Waals surface area contributed by atoms with Crippen LogP contribution >= 0.6 is 0 Å². The van der Waals surface area contributed by atoms with Gasteiger partial charge in [0.15, 0.2) is 0 Å². The summed E-state index contributed by atoms with van der Waals surface area (Å²) in [5.41, 5.74) is 3.19. The van der Waals surface area contributed by atoms with Gasteiger partial charge in [-0.05, 0) is 45.6 Å². The fourth-order valence-electron chi connectivity index (χ4n) is 2.29. The predicted octanol–water partition coefficient (Wildman–Crippen LogP) is 3.51. The Labute approximate surface area is 89.0 Å². The van der Waals surface area contributed by atoms with Crippen LogP contribution in [-0.2, 0) is 0 Å². The number of nitrogens with one attached hydrogen (secondary N) is 1. The fourth-order valence-corrected chi connectivity index (χ4v) is 2.29. The van der Waals surface area contributed by atoms with Crippen molar-refractivity contribution in [1.29, 1.82) is 0 Å². The molecule has 0 saturated carbocycles. The Hall–Kier alpha value is -0.300. The van der Waals surface area contributed by atoms with Crippen molar-refractivity contribution in [2.24, 2.45) is 5.92 Å². The van der Waals surface area contributed by atoms with Crippen LogP contribution in [0.4, 0.5) is 0 Å². The first-order valence-corrected chi connectivity index (χ1v) is 6.01. The van der Waals surface area contributed by atoms with Crippen LogP contribution in [-0.4, -0.2) is 12.6 Å². The van der Waals surface area contributed by atoms with Gasteiger partial charge < -0.3 is 5.32 Å². The van der Waals surface area contributed by atoms with Gasteiger partial charge in [0.25, 0.3) is 0 Å². The lowest BCUT2D eigenvalue weighted by Gasteiger charge is -2.26. The highest BCUT2D eigenvalue weighted by atomic mass is 14.9. The van der Waals surface area contributed by atoms with Gasteiger partial charge in [0.05, 0.1) is 0 Å². The molecule has 1 unspecified atom stereocenters. The molecule has 14 heavy (non-hydrogen) atoms. The SMILES string of the molecule is C/C(CC(C)C)=C(/C)C1CCCCN1. The minimum absolute atomic E-state index is 0.669. The number of rotatable bonds is 3. The standard InChI is InChI=1S/C13H25N/c1-10(2)9-11(3)12(4)13-7-5-6-8-14-13/h10,13-14H,5-9H2,1-4H3/b12-11+. The van der Waals surface area contributed by atoms with E-state index in [0.717, 1.165) is 5.92 Å². The van der Waals surface area contributed by atoms with Gasteiger partial charge in [0.1, 0.15) is 0 Å². The maximum absolute atomic E-state index is 3.62. The molecule has 1 atom stereocenters. The summed E-state index contributed by atoms with van der Waals surface area (Å²) in [4.78, 5) is 0. The molecule has 1 rings (SSSR count). The van der Waals surface area contributed by atoms with E-state index in [4.69, 9.17) is 0 Å². The first-order valence-electron chi connectivity index (χ1n) is 6.01. The maximum atomic E-state index is 3.62. The Balaban J connectivity index is 2.55. The molecule has 0 aromatic heterocycles. The Morgan fingerprint density at radius 2 is 2.00 bits per heavy atom. The summed E-state index contributed by atoms with van der Waals surface area (Å²) >= 11 is 0. The monoisotopic (exact) mass is 195 g/mol. The molecule has 1 aliphatic heterocycles. The van der Waals surface area contributed by atoms with Crippen molar-refractivity contribution in [3.8, 4) is 0 Å². The molecule has 1 heteroatoms. The van der Waals surface area contributed by atoms with Gasteiger partial charge in [-0.25, -0.2) is 0 Å². The molecule has 1 fully saturated rings. The molecule has 1 heterocycles. The third-order valence-corrected chi connectivity index (χ3v) is 3.22. The second kappa shape index (κ2) is 5.55. The zero-order chi connectivity index (χ0) is 10.6. The van der Waals surface area contributed by atoms with Gasteiger partial charge in [-0.1, -0.05) is 31.4 Å². The molecule has 0 bridgehead atoms. The van der Waals surface area contributed by atoms with Crippen molar-refractivity contribution in [3.05, 3.63) is 11.1 Å². The highest BCUT2D eigenvalue weighted by molar-refractivity contribution is 5.17. The van der Waals surface area contributed by atoms with Crippen molar-refractivity contribution in [3.63, 3.8) is 0 Å². The summed E-state index contributed by atoms with van der Waals surface area (Å²) in [5.74, 6) is 0.786. The van der Waals surface area contributed by atoms with E-state index in [-0.39, 0.29) is 0 Å². The molecule has 1 nitrogen and oxygen atoms in total. The number of piperidine rings is 1. The van der Waals surface area contributed by atoms with Crippen LogP contribution < -0.4 is 5.32 Å². The fraction of sp³-hybridized carbons (Fsp3) is 0.846. The van der Waals surface area contributed by atoms with E-state index in [0.29, 0.717) is 6.04 Å². The molecule has 0 aliphatic carbocycles. The Morgan fingerprint density at radius 1 is 1.29 bits per heavy atom. The normalized spacial score (nSPS) is 25.1. The van der Waals surface area contributed by atoms with Crippen LogP contribution in [0.1, 0.15) is 53.4 Å². The summed E-state index contributed by atoms with van der Waals surface area (Å²) < 4.78 is 0. The van der Waals surface area contributed by atoms with E-state index in [1.54, 1.807) is 11.1 Å². The largest absolute Gasteiger partial charge is 0.310 e. The van der Waals surface area contributed by atoms with Crippen LogP contribution in [0, 0.1) is 5.92 Å². The van der Waals surface area contributed by atoms with Crippen LogP contribution in [0.3, 0.4) is 0 Å². The molecule has 0 aromatic carbocycles. The van der Waals surface area contributed by atoms with Crippen molar-refractivity contribution in [2.45, 2.75) is 59.4 Å². The Morgan fingerprint density at radius 3 is 2.50 bits per heavy atom. The topological polar surface area (TPSA) is 12.0 Å². The first kappa shape index (κ1) is 11.8. The quantitative estimate of drug-likeness (QED) is 0.680. The average molecular weight is 195 g/mol. The molecule has 1 N–H and O–H groups in total. The van der Waals surface area contributed by atoms with E-state index < -0.39 is 0 Å². The average Bonchev–Trinajstić information content (AvgIpc) is 2.17. The van der Waals surface area contributed by atoms with E-state index in [1.165, 1.54) is 32.2 Å². The second-order valence-corrected chi connectivity index (χ2v) is 5.06. The van der Waals surface area contributed by atoms with Crippen LogP contribution in [0.5, 0.6) is 0 Å². The number of hydrogen-bond donors (Lipinski definition) is 1. The lowest BCUT2D eigenvalue weighted by molar-refractivity contribution is 0.435. The van der Waals surface area contributed by atoms with Crippen molar-refractivity contribution in [2.75, 3.05) is 6.54 Å². The van der Waals surface area contributed by atoms with Crippen LogP contribution in [0.15, 0.2) is 11.1 Å². The Kier molecular flexibility index (Phi) is 4.67. The smallest absolute Gasteiger partial charge is 0.0279 e. The molecule has 0 aromatic rings. The molecule has 1 aliphatic rings. The first-order chi connectivity index (χ1) is 6.61. The van der Waals surface area contributed by atoms with Gasteiger partial charge >= 0.3 is 0 Å². The number of allylic oxidation sites excluding steroid dienone is 1. The summed E-state index contributed by atoms with van der Waals surface area (Å²) in [7, 11) is 0. The minimum atomic E-state index is 0.669. The van der Waals surface area contributed by atoms with Crippen LogP contribution in [0.2, 0.25) is 0 Å². The number of hydrogen-bond acceptors (Lipinski definition) is 1. The second-order valence-electron chi connectivity index (χ2n) is 5.06. The predicted molar refractivity (Wildman–Crippen MR) is 63.5 cm³/mol. The molecule has 0 amide bonds. The third-order valence-electron chi connectivity index (χ3n) is 3.22. The summed E-state index contributed by atoms with van der Waals surface area (Å²) in [5, 5.41) is 3.62. The minimum Gasteiger partial charge on any atom is -0.310 e. The van der Waals surface area contributed by atoms with Crippen molar-refractivity contribution < 1.29 is 0 Å². The van der Waals surface area contributed by atoms with E-state index >= 15 is 0 Å². The van der Waals surface area contributed by atoms with Crippen molar-refractivity contribution in [1.82, 2.24) is 5.32 Å². The zero-order valence-corrected chi connectivity index (χ0v) is 10.2. The molecule has 82 valence electrons. The highest BCUT2D eigenvalue weighted by Gasteiger charge is 2.15. The molecular formula is C13H25N. The van der Waals surface area contributed by atoms with Gasteiger partial charge in [-0.3, -0.25) is 0 Å².